The standard InChI is InChI=1S/C12H18BrN3O/c1-8(2)16-12(10(13)7-15-16)11(17)5-9-3-4-14-6-9/h7-9,14H,3-6H2,1-2H3. The van der Waals surface area contributed by atoms with Crippen molar-refractivity contribution in [3.8, 4) is 0 Å². The summed E-state index contributed by atoms with van der Waals surface area (Å²) in [5.41, 5.74) is 0.715. The van der Waals surface area contributed by atoms with Crippen LogP contribution in [0, 0.1) is 5.92 Å². The molecule has 5 heteroatoms. The molecular weight excluding hydrogens is 282 g/mol. The van der Waals surface area contributed by atoms with Crippen LogP contribution >= 0.6 is 15.9 Å². The number of carbonyl (C=O) groups is 1. The average molecular weight is 300 g/mol. The number of rotatable bonds is 4. The summed E-state index contributed by atoms with van der Waals surface area (Å²) >= 11 is 3.42. The number of ketones is 1. The Kier molecular flexibility index (Phi) is 3.99. The number of nitrogens with zero attached hydrogens (tertiary/aromatic N) is 2. The van der Waals surface area contributed by atoms with Gasteiger partial charge in [0.1, 0.15) is 5.69 Å². The quantitative estimate of drug-likeness (QED) is 0.869. The Labute approximate surface area is 110 Å². The van der Waals surface area contributed by atoms with E-state index in [1.54, 1.807) is 10.9 Å². The number of nitrogens with one attached hydrogen (secondary N) is 1. The van der Waals surface area contributed by atoms with E-state index < -0.39 is 0 Å². The van der Waals surface area contributed by atoms with Crippen LogP contribution in [0.5, 0.6) is 0 Å². The lowest BCUT2D eigenvalue weighted by atomic mass is 10.0. The van der Waals surface area contributed by atoms with Crippen LogP contribution < -0.4 is 5.32 Å². The first-order valence-corrected chi connectivity index (χ1v) is 6.85. The van der Waals surface area contributed by atoms with Gasteiger partial charge >= 0.3 is 0 Å². The fourth-order valence-corrected chi connectivity index (χ4v) is 2.74. The van der Waals surface area contributed by atoms with Gasteiger partial charge in [0.25, 0.3) is 0 Å². The van der Waals surface area contributed by atoms with Crippen LogP contribution in [-0.2, 0) is 0 Å². The molecule has 17 heavy (non-hydrogen) atoms. The van der Waals surface area contributed by atoms with E-state index in [1.807, 2.05) is 13.8 Å². The molecule has 1 aromatic heterocycles. The van der Waals surface area contributed by atoms with Crippen molar-refractivity contribution in [3.63, 3.8) is 0 Å². The van der Waals surface area contributed by atoms with Gasteiger partial charge in [0.05, 0.1) is 10.7 Å². The van der Waals surface area contributed by atoms with Crippen LogP contribution in [0.1, 0.15) is 43.2 Å². The molecule has 0 aromatic carbocycles. The van der Waals surface area contributed by atoms with Crippen LogP contribution in [0.4, 0.5) is 0 Å². The highest BCUT2D eigenvalue weighted by Gasteiger charge is 2.23. The van der Waals surface area contributed by atoms with Gasteiger partial charge in [-0.15, -0.1) is 0 Å². The highest BCUT2D eigenvalue weighted by molar-refractivity contribution is 9.10. The van der Waals surface area contributed by atoms with E-state index in [4.69, 9.17) is 0 Å². The van der Waals surface area contributed by atoms with E-state index in [0.29, 0.717) is 18.0 Å². The zero-order valence-corrected chi connectivity index (χ0v) is 11.8. The lowest BCUT2D eigenvalue weighted by molar-refractivity contribution is 0.0951. The minimum atomic E-state index is 0.191. The minimum Gasteiger partial charge on any atom is -0.316 e. The average Bonchev–Trinajstić information content (AvgIpc) is 2.86. The van der Waals surface area contributed by atoms with E-state index in [9.17, 15) is 4.79 Å². The summed E-state index contributed by atoms with van der Waals surface area (Å²) in [7, 11) is 0. The SMILES string of the molecule is CC(C)n1ncc(Br)c1C(=O)CC1CCNC1. The maximum Gasteiger partial charge on any atom is 0.182 e. The summed E-state index contributed by atoms with van der Waals surface area (Å²) in [6, 6.07) is 0.210. The summed E-state index contributed by atoms with van der Waals surface area (Å²) in [6.07, 6.45) is 3.42. The number of carbonyl (C=O) groups excluding carboxylic acids is 1. The van der Waals surface area contributed by atoms with Crippen molar-refractivity contribution in [1.82, 2.24) is 15.1 Å². The second-order valence-electron chi connectivity index (χ2n) is 4.87. The smallest absolute Gasteiger partial charge is 0.182 e. The molecule has 1 fully saturated rings. The van der Waals surface area contributed by atoms with Crippen LogP contribution in [0.25, 0.3) is 0 Å². The third-order valence-corrected chi connectivity index (χ3v) is 3.72. The van der Waals surface area contributed by atoms with Crippen molar-refractivity contribution < 1.29 is 4.79 Å². The summed E-state index contributed by atoms with van der Waals surface area (Å²) in [5.74, 6) is 0.668. The van der Waals surface area contributed by atoms with Gasteiger partial charge in [0, 0.05) is 12.5 Å². The third-order valence-electron chi connectivity index (χ3n) is 3.14. The van der Waals surface area contributed by atoms with E-state index in [0.717, 1.165) is 24.0 Å². The predicted molar refractivity (Wildman–Crippen MR) is 70.2 cm³/mol. The van der Waals surface area contributed by atoms with Crippen molar-refractivity contribution in [2.45, 2.75) is 32.7 Å². The van der Waals surface area contributed by atoms with Crippen molar-refractivity contribution in [1.29, 1.82) is 0 Å². The molecule has 0 bridgehead atoms. The van der Waals surface area contributed by atoms with Crippen molar-refractivity contribution in [3.05, 3.63) is 16.4 Å². The number of Topliss-reactive ketones (excluding diaryl/α,β-unsaturated/α-hetero) is 1. The molecule has 0 aliphatic carbocycles. The van der Waals surface area contributed by atoms with Gasteiger partial charge in [0.15, 0.2) is 5.78 Å². The molecule has 2 rings (SSSR count). The van der Waals surface area contributed by atoms with Crippen LogP contribution in [0.2, 0.25) is 0 Å². The largest absolute Gasteiger partial charge is 0.316 e. The zero-order valence-electron chi connectivity index (χ0n) is 10.2. The first-order chi connectivity index (χ1) is 8.09. The Morgan fingerprint density at radius 3 is 3.06 bits per heavy atom. The first kappa shape index (κ1) is 12.8. The molecular formula is C12H18BrN3O. The van der Waals surface area contributed by atoms with Crippen LogP contribution in [0.15, 0.2) is 10.7 Å². The topological polar surface area (TPSA) is 46.9 Å². The highest BCUT2D eigenvalue weighted by atomic mass is 79.9. The monoisotopic (exact) mass is 299 g/mol. The maximum atomic E-state index is 12.3. The molecule has 0 radical (unpaired) electrons. The summed E-state index contributed by atoms with van der Waals surface area (Å²) in [4.78, 5) is 12.3. The van der Waals surface area contributed by atoms with E-state index in [2.05, 4.69) is 26.3 Å². The van der Waals surface area contributed by atoms with E-state index in [-0.39, 0.29) is 11.8 Å². The van der Waals surface area contributed by atoms with E-state index >= 15 is 0 Å². The third kappa shape index (κ3) is 2.77. The number of aromatic nitrogens is 2. The van der Waals surface area contributed by atoms with Gasteiger partial charge in [-0.1, -0.05) is 0 Å². The molecule has 0 saturated carbocycles. The Balaban J connectivity index is 2.14. The predicted octanol–water partition coefficient (Wildman–Crippen LogP) is 2.41. The molecule has 1 saturated heterocycles. The molecule has 0 spiro atoms. The number of hydrogen-bond donors (Lipinski definition) is 1. The minimum absolute atomic E-state index is 0.191. The number of hydrogen-bond acceptors (Lipinski definition) is 3. The van der Waals surface area contributed by atoms with Gasteiger partial charge in [-0.3, -0.25) is 9.48 Å². The molecule has 1 aliphatic heterocycles. The lowest BCUT2D eigenvalue weighted by Crippen LogP contribution is -2.17. The van der Waals surface area contributed by atoms with Crippen molar-refractivity contribution >= 4 is 21.7 Å². The molecule has 1 N–H and O–H groups in total. The van der Waals surface area contributed by atoms with Gasteiger partial charge in [0.2, 0.25) is 0 Å². The van der Waals surface area contributed by atoms with Gasteiger partial charge in [-0.05, 0) is 55.2 Å². The zero-order chi connectivity index (χ0) is 12.4. The fourth-order valence-electron chi connectivity index (χ4n) is 2.24. The summed E-state index contributed by atoms with van der Waals surface area (Å²) in [5, 5.41) is 7.53. The Morgan fingerprint density at radius 1 is 1.71 bits per heavy atom. The van der Waals surface area contributed by atoms with Gasteiger partial charge in [-0.25, -0.2) is 0 Å². The molecule has 4 nitrogen and oxygen atoms in total. The van der Waals surface area contributed by atoms with Crippen LogP contribution in [0.3, 0.4) is 0 Å². The second-order valence-corrected chi connectivity index (χ2v) is 5.72. The van der Waals surface area contributed by atoms with Crippen molar-refractivity contribution in [2.24, 2.45) is 5.92 Å². The molecule has 1 atom stereocenters. The van der Waals surface area contributed by atoms with E-state index in [1.165, 1.54) is 0 Å². The summed E-state index contributed by atoms with van der Waals surface area (Å²) < 4.78 is 2.61. The molecule has 2 heterocycles. The second kappa shape index (κ2) is 5.31. The maximum absolute atomic E-state index is 12.3. The van der Waals surface area contributed by atoms with Gasteiger partial charge < -0.3 is 5.32 Å². The lowest BCUT2D eigenvalue weighted by Gasteiger charge is -2.12. The first-order valence-electron chi connectivity index (χ1n) is 6.06. The molecule has 94 valence electrons. The Morgan fingerprint density at radius 2 is 2.47 bits per heavy atom. The molecule has 1 aromatic rings. The Bertz CT molecular complexity index is 408. The highest BCUT2D eigenvalue weighted by Crippen LogP contribution is 2.23. The summed E-state index contributed by atoms with van der Waals surface area (Å²) in [6.45, 7) is 6.06. The molecule has 1 unspecified atom stereocenters. The normalized spacial score (nSPS) is 20.1. The number of halogens is 1. The van der Waals surface area contributed by atoms with Gasteiger partial charge in [-0.2, -0.15) is 5.10 Å². The fraction of sp³-hybridized carbons (Fsp3) is 0.667. The molecule has 0 amide bonds. The van der Waals surface area contributed by atoms with Crippen molar-refractivity contribution in [2.75, 3.05) is 13.1 Å². The molecule has 1 aliphatic rings. The van der Waals surface area contributed by atoms with Crippen LogP contribution in [-0.4, -0.2) is 28.7 Å². The Hall–Kier alpha value is -0.680.